The molecule has 1 atom stereocenters. The summed E-state index contributed by atoms with van der Waals surface area (Å²) >= 11 is 5.83. The van der Waals surface area contributed by atoms with Gasteiger partial charge < -0.3 is 10.0 Å². The second-order valence-electron chi connectivity index (χ2n) is 5.99. The molecule has 0 aliphatic carbocycles. The number of aliphatic hydroxyl groups excluding tert-OH is 1. The maximum absolute atomic E-state index is 13.0. The number of nitrogens with zero attached hydrogens (tertiary/aromatic N) is 2. The number of benzene rings is 1. The number of carbonyl (C=O) groups excluding carboxylic acids is 1. The Labute approximate surface area is 144 Å². The molecule has 1 N–H and O–H groups in total. The summed E-state index contributed by atoms with van der Waals surface area (Å²) in [5.41, 5.74) is 1.23. The molecule has 1 aliphatic heterocycles. The molecule has 4 nitrogen and oxygen atoms in total. The number of carbonyl (C=O) groups is 1. The van der Waals surface area contributed by atoms with Crippen molar-refractivity contribution in [3.63, 3.8) is 0 Å². The molecule has 0 spiro atoms. The third-order valence-electron chi connectivity index (χ3n) is 4.46. The molecule has 0 radical (unpaired) electrons. The molecule has 2 aromatic rings. The Morgan fingerprint density at radius 2 is 1.92 bits per heavy atom. The molecule has 0 bridgehead atoms. The first-order chi connectivity index (χ1) is 11.5. The Kier molecular flexibility index (Phi) is 5.11. The fraction of sp³-hybridized carbons (Fsp3) is 0.333. The van der Waals surface area contributed by atoms with E-state index in [1.54, 1.807) is 29.2 Å². The van der Waals surface area contributed by atoms with Crippen LogP contribution in [0.1, 0.15) is 34.9 Å². The molecule has 1 aliphatic rings. The maximum atomic E-state index is 13.0. The summed E-state index contributed by atoms with van der Waals surface area (Å²) in [5.74, 6) is -0.336. The van der Waals surface area contributed by atoms with Crippen molar-refractivity contribution in [3.05, 3.63) is 64.7 Å². The van der Waals surface area contributed by atoms with Gasteiger partial charge in [0.15, 0.2) is 0 Å². The number of halogens is 2. The van der Waals surface area contributed by atoms with E-state index in [0.29, 0.717) is 42.2 Å². The van der Waals surface area contributed by atoms with Gasteiger partial charge in [-0.3, -0.25) is 4.79 Å². The van der Waals surface area contributed by atoms with Gasteiger partial charge in [0.2, 0.25) is 0 Å². The Balaban J connectivity index is 1.61. The van der Waals surface area contributed by atoms with Crippen molar-refractivity contribution in [2.75, 3.05) is 13.1 Å². The predicted octanol–water partition coefficient (Wildman–Crippen LogP) is 3.46. The topological polar surface area (TPSA) is 53.4 Å². The lowest BCUT2D eigenvalue weighted by molar-refractivity contribution is 0.0462. The molecular formula is C18H18ClFN2O2. The first-order valence-corrected chi connectivity index (χ1v) is 8.27. The van der Waals surface area contributed by atoms with Crippen molar-refractivity contribution in [3.8, 4) is 0 Å². The number of pyridine rings is 1. The molecule has 1 aromatic carbocycles. The Bertz CT molecular complexity index is 715. The molecule has 1 unspecified atom stereocenters. The fourth-order valence-electron chi connectivity index (χ4n) is 3.07. The first kappa shape index (κ1) is 16.9. The molecule has 1 saturated heterocycles. The molecule has 6 heteroatoms. The summed E-state index contributed by atoms with van der Waals surface area (Å²) in [6, 6.07) is 9.12. The smallest absolute Gasteiger partial charge is 0.254 e. The zero-order valence-corrected chi connectivity index (χ0v) is 13.8. The van der Waals surface area contributed by atoms with Crippen LogP contribution >= 0.6 is 11.6 Å². The fourth-order valence-corrected chi connectivity index (χ4v) is 3.24. The van der Waals surface area contributed by atoms with Crippen molar-refractivity contribution in [2.45, 2.75) is 18.9 Å². The maximum Gasteiger partial charge on any atom is 0.254 e. The third-order valence-corrected chi connectivity index (χ3v) is 4.67. The molecular weight excluding hydrogens is 331 g/mol. The van der Waals surface area contributed by atoms with Gasteiger partial charge in [-0.25, -0.2) is 9.37 Å². The third kappa shape index (κ3) is 3.74. The Hall–Kier alpha value is -1.98. The quantitative estimate of drug-likeness (QED) is 0.864. The van der Waals surface area contributed by atoms with E-state index in [0.717, 1.165) is 0 Å². The second kappa shape index (κ2) is 7.28. The van der Waals surface area contributed by atoms with Crippen LogP contribution in [0, 0.1) is 11.7 Å². The summed E-state index contributed by atoms with van der Waals surface area (Å²) in [5, 5.41) is 10.8. The number of rotatable bonds is 3. The van der Waals surface area contributed by atoms with Crippen LogP contribution < -0.4 is 0 Å². The van der Waals surface area contributed by atoms with Crippen molar-refractivity contribution in [1.82, 2.24) is 9.88 Å². The number of amides is 1. The van der Waals surface area contributed by atoms with E-state index in [-0.39, 0.29) is 17.6 Å². The van der Waals surface area contributed by atoms with Crippen LogP contribution in [0.3, 0.4) is 0 Å². The number of piperidine rings is 1. The first-order valence-electron chi connectivity index (χ1n) is 7.89. The number of hydrogen-bond donors (Lipinski definition) is 1. The number of likely N-dealkylation sites (tertiary alicyclic amines) is 1. The highest BCUT2D eigenvalue weighted by Crippen LogP contribution is 2.31. The minimum Gasteiger partial charge on any atom is -0.388 e. The molecule has 1 aromatic heterocycles. The summed E-state index contributed by atoms with van der Waals surface area (Å²) < 4.78 is 13.0. The summed E-state index contributed by atoms with van der Waals surface area (Å²) in [6.07, 6.45) is 2.27. The van der Waals surface area contributed by atoms with Crippen molar-refractivity contribution < 1.29 is 14.3 Å². The van der Waals surface area contributed by atoms with Crippen molar-refractivity contribution in [2.24, 2.45) is 5.92 Å². The highest BCUT2D eigenvalue weighted by atomic mass is 35.5. The van der Waals surface area contributed by atoms with Crippen LogP contribution in [0.5, 0.6) is 0 Å². The van der Waals surface area contributed by atoms with Gasteiger partial charge in [0.25, 0.3) is 5.91 Å². The second-order valence-corrected chi connectivity index (χ2v) is 6.38. The lowest BCUT2D eigenvalue weighted by Gasteiger charge is -2.34. The van der Waals surface area contributed by atoms with Crippen LogP contribution in [-0.2, 0) is 0 Å². The molecule has 3 rings (SSSR count). The van der Waals surface area contributed by atoms with Crippen molar-refractivity contribution >= 4 is 17.5 Å². The van der Waals surface area contributed by atoms with Crippen LogP contribution in [0.15, 0.2) is 42.6 Å². The van der Waals surface area contributed by atoms with Gasteiger partial charge in [-0.2, -0.15) is 0 Å². The van der Waals surface area contributed by atoms with E-state index in [4.69, 9.17) is 11.6 Å². The average molecular weight is 349 g/mol. The zero-order chi connectivity index (χ0) is 17.1. The van der Waals surface area contributed by atoms with E-state index in [1.807, 2.05) is 0 Å². The summed E-state index contributed by atoms with van der Waals surface area (Å²) in [7, 11) is 0. The van der Waals surface area contributed by atoms with E-state index in [2.05, 4.69) is 4.98 Å². The Morgan fingerprint density at radius 3 is 2.54 bits per heavy atom. The number of aliphatic hydroxyl groups is 1. The largest absolute Gasteiger partial charge is 0.388 e. The van der Waals surface area contributed by atoms with Crippen molar-refractivity contribution in [1.29, 1.82) is 0 Å². The molecule has 126 valence electrons. The van der Waals surface area contributed by atoms with Gasteiger partial charge in [0.05, 0.1) is 6.10 Å². The van der Waals surface area contributed by atoms with E-state index in [9.17, 15) is 14.3 Å². The lowest BCUT2D eigenvalue weighted by atomic mass is 9.87. The minimum atomic E-state index is -0.641. The van der Waals surface area contributed by atoms with E-state index in [1.165, 1.54) is 18.3 Å². The molecule has 1 amide bonds. The van der Waals surface area contributed by atoms with Crippen LogP contribution in [0.2, 0.25) is 5.15 Å². The number of hydrogen-bond acceptors (Lipinski definition) is 3. The lowest BCUT2D eigenvalue weighted by Crippen LogP contribution is -2.39. The standard InChI is InChI=1S/C18H18ClFN2O2/c19-16-11-14(5-8-21-16)18(24)22-9-6-13(7-10-22)17(23)12-1-3-15(20)4-2-12/h1-5,8,11,13,17,23H,6-7,9-10H2. The minimum absolute atomic E-state index is 0.0561. The van der Waals surface area contributed by atoms with Crippen LogP contribution in [-0.4, -0.2) is 34.0 Å². The highest BCUT2D eigenvalue weighted by molar-refractivity contribution is 6.29. The summed E-state index contributed by atoms with van der Waals surface area (Å²) in [4.78, 5) is 18.1. The van der Waals surface area contributed by atoms with Gasteiger partial charge in [0.1, 0.15) is 11.0 Å². The average Bonchev–Trinajstić information content (AvgIpc) is 2.61. The molecule has 0 saturated carbocycles. The van der Waals surface area contributed by atoms with Gasteiger partial charge in [-0.1, -0.05) is 23.7 Å². The van der Waals surface area contributed by atoms with Gasteiger partial charge >= 0.3 is 0 Å². The Morgan fingerprint density at radius 1 is 1.25 bits per heavy atom. The SMILES string of the molecule is O=C(c1ccnc(Cl)c1)N1CCC(C(O)c2ccc(F)cc2)CC1. The zero-order valence-electron chi connectivity index (χ0n) is 13.0. The molecule has 1 fully saturated rings. The summed E-state index contributed by atoms with van der Waals surface area (Å²) in [6.45, 7) is 1.14. The predicted molar refractivity (Wildman–Crippen MR) is 89.2 cm³/mol. The van der Waals surface area contributed by atoms with Gasteiger partial charge in [0, 0.05) is 24.8 Å². The normalized spacial score (nSPS) is 16.9. The van der Waals surface area contributed by atoms with E-state index >= 15 is 0 Å². The van der Waals surface area contributed by atoms with Gasteiger partial charge in [-0.15, -0.1) is 0 Å². The number of aromatic nitrogens is 1. The molecule has 24 heavy (non-hydrogen) atoms. The van der Waals surface area contributed by atoms with Crippen LogP contribution in [0.25, 0.3) is 0 Å². The van der Waals surface area contributed by atoms with Crippen LogP contribution in [0.4, 0.5) is 4.39 Å². The van der Waals surface area contributed by atoms with E-state index < -0.39 is 6.10 Å². The monoisotopic (exact) mass is 348 g/mol. The molecule has 2 heterocycles. The van der Waals surface area contributed by atoms with Gasteiger partial charge in [-0.05, 0) is 48.6 Å². The highest BCUT2D eigenvalue weighted by Gasteiger charge is 2.28.